The van der Waals surface area contributed by atoms with E-state index in [1.54, 1.807) is 30.3 Å². The zero-order valence-electron chi connectivity index (χ0n) is 14.5. The van der Waals surface area contributed by atoms with Crippen LogP contribution in [0.25, 0.3) is 22.6 Å². The van der Waals surface area contributed by atoms with Crippen LogP contribution in [0.5, 0.6) is 0 Å². The van der Waals surface area contributed by atoms with Crippen LogP contribution in [0.3, 0.4) is 0 Å². The number of aromatic nitrogens is 1. The van der Waals surface area contributed by atoms with Gasteiger partial charge in [0.15, 0.2) is 5.58 Å². The number of urea groups is 1. The summed E-state index contributed by atoms with van der Waals surface area (Å²) in [6, 6.07) is 19.8. The maximum atomic E-state index is 12.2. The van der Waals surface area contributed by atoms with E-state index >= 15 is 0 Å². The van der Waals surface area contributed by atoms with Crippen molar-refractivity contribution in [3.63, 3.8) is 0 Å². The zero-order chi connectivity index (χ0) is 18.8. The van der Waals surface area contributed by atoms with E-state index < -0.39 is 0 Å². The molecule has 0 aliphatic rings. The second kappa shape index (κ2) is 7.13. The summed E-state index contributed by atoms with van der Waals surface area (Å²) < 4.78 is 5.85. The maximum Gasteiger partial charge on any atom is 0.323 e. The molecule has 0 saturated heterocycles. The molecule has 0 radical (unpaired) electrons. The van der Waals surface area contributed by atoms with Crippen LogP contribution in [-0.2, 0) is 0 Å². The Kier molecular flexibility index (Phi) is 4.52. The van der Waals surface area contributed by atoms with Gasteiger partial charge in [-0.2, -0.15) is 0 Å². The smallest absolute Gasteiger partial charge is 0.323 e. The van der Waals surface area contributed by atoms with Crippen molar-refractivity contribution in [3.8, 4) is 11.5 Å². The molecule has 0 aliphatic heterocycles. The molecular formula is C21H16ClN3O2. The molecule has 0 atom stereocenters. The highest BCUT2D eigenvalue weighted by Crippen LogP contribution is 2.27. The summed E-state index contributed by atoms with van der Waals surface area (Å²) in [5, 5.41) is 6.10. The molecule has 2 N–H and O–H groups in total. The number of oxazole rings is 1. The van der Waals surface area contributed by atoms with Gasteiger partial charge in [0.1, 0.15) is 5.52 Å². The van der Waals surface area contributed by atoms with Gasteiger partial charge in [0.05, 0.1) is 0 Å². The number of benzene rings is 3. The zero-order valence-corrected chi connectivity index (χ0v) is 15.2. The van der Waals surface area contributed by atoms with Crippen LogP contribution in [0, 0.1) is 6.92 Å². The molecular weight excluding hydrogens is 362 g/mol. The van der Waals surface area contributed by atoms with Crippen LogP contribution in [0.4, 0.5) is 16.2 Å². The lowest BCUT2D eigenvalue weighted by Gasteiger charge is -2.08. The summed E-state index contributed by atoms with van der Waals surface area (Å²) in [4.78, 5) is 16.7. The fourth-order valence-electron chi connectivity index (χ4n) is 2.74. The first-order chi connectivity index (χ1) is 13.1. The number of halogens is 1. The van der Waals surface area contributed by atoms with Crippen molar-refractivity contribution < 1.29 is 9.21 Å². The van der Waals surface area contributed by atoms with E-state index in [4.69, 9.17) is 16.0 Å². The number of aryl methyl sites for hydroxylation is 1. The largest absolute Gasteiger partial charge is 0.436 e. The van der Waals surface area contributed by atoms with E-state index in [-0.39, 0.29) is 6.03 Å². The molecule has 2 amide bonds. The van der Waals surface area contributed by atoms with Gasteiger partial charge in [-0.15, -0.1) is 0 Å². The van der Waals surface area contributed by atoms with E-state index in [9.17, 15) is 4.79 Å². The number of fused-ring (bicyclic) bond motifs is 1. The van der Waals surface area contributed by atoms with Gasteiger partial charge >= 0.3 is 6.03 Å². The minimum Gasteiger partial charge on any atom is -0.436 e. The van der Waals surface area contributed by atoms with Crippen molar-refractivity contribution in [1.82, 2.24) is 4.98 Å². The molecule has 3 aromatic carbocycles. The summed E-state index contributed by atoms with van der Waals surface area (Å²) >= 11 is 5.93. The van der Waals surface area contributed by atoms with Gasteiger partial charge in [0.2, 0.25) is 5.89 Å². The molecule has 4 aromatic rings. The van der Waals surface area contributed by atoms with E-state index in [0.717, 1.165) is 22.2 Å². The summed E-state index contributed by atoms with van der Waals surface area (Å²) in [7, 11) is 0. The summed E-state index contributed by atoms with van der Waals surface area (Å²) in [6.45, 7) is 2.00. The van der Waals surface area contributed by atoms with Crippen molar-refractivity contribution >= 4 is 40.1 Å². The van der Waals surface area contributed by atoms with Crippen LogP contribution >= 0.6 is 11.6 Å². The Hall–Kier alpha value is -3.31. The van der Waals surface area contributed by atoms with E-state index in [0.29, 0.717) is 22.3 Å². The molecule has 0 spiro atoms. The number of nitrogens with one attached hydrogen (secondary N) is 2. The second-order valence-electron chi connectivity index (χ2n) is 6.16. The first kappa shape index (κ1) is 17.1. The lowest BCUT2D eigenvalue weighted by molar-refractivity contribution is 0.262. The van der Waals surface area contributed by atoms with Gasteiger partial charge in [-0.05, 0) is 61.0 Å². The maximum absolute atomic E-state index is 12.2. The Bertz CT molecular complexity index is 1140. The predicted molar refractivity (Wildman–Crippen MR) is 108 cm³/mol. The molecule has 134 valence electrons. The number of nitrogens with zero attached hydrogens (tertiary/aromatic N) is 1. The minimum absolute atomic E-state index is 0.359. The number of rotatable bonds is 3. The Balaban J connectivity index is 1.53. The number of hydrogen-bond acceptors (Lipinski definition) is 3. The standard InChI is InChI=1S/C21H16ClN3O2/c1-13-8-9-18-19(10-13)27-20(25-18)14-4-2-6-16(11-14)23-21(26)24-17-7-3-5-15(22)12-17/h2-12H,1H3,(H2,23,24,26). The van der Waals surface area contributed by atoms with Crippen LogP contribution in [0.1, 0.15) is 5.56 Å². The normalized spacial score (nSPS) is 10.7. The third-order valence-corrected chi connectivity index (χ3v) is 4.23. The van der Waals surface area contributed by atoms with E-state index in [2.05, 4.69) is 15.6 Å². The molecule has 27 heavy (non-hydrogen) atoms. The van der Waals surface area contributed by atoms with Crippen LogP contribution < -0.4 is 10.6 Å². The van der Waals surface area contributed by atoms with E-state index in [1.807, 2.05) is 43.3 Å². The number of hydrogen-bond donors (Lipinski definition) is 2. The highest BCUT2D eigenvalue weighted by atomic mass is 35.5. The van der Waals surface area contributed by atoms with Crippen LogP contribution in [0.2, 0.25) is 5.02 Å². The van der Waals surface area contributed by atoms with Crippen LogP contribution in [-0.4, -0.2) is 11.0 Å². The molecule has 1 heterocycles. The van der Waals surface area contributed by atoms with Crippen molar-refractivity contribution in [2.24, 2.45) is 0 Å². The van der Waals surface area contributed by atoms with Gasteiger partial charge in [-0.3, -0.25) is 0 Å². The van der Waals surface area contributed by atoms with Gasteiger partial charge in [0, 0.05) is 22.0 Å². The SMILES string of the molecule is Cc1ccc2nc(-c3cccc(NC(=O)Nc4cccc(Cl)c4)c3)oc2c1. The van der Waals surface area contributed by atoms with Crippen molar-refractivity contribution in [1.29, 1.82) is 0 Å². The van der Waals surface area contributed by atoms with Gasteiger partial charge in [-0.25, -0.2) is 9.78 Å². The quantitative estimate of drug-likeness (QED) is 0.453. The molecule has 0 bridgehead atoms. The van der Waals surface area contributed by atoms with Gasteiger partial charge < -0.3 is 15.1 Å². The summed E-state index contributed by atoms with van der Waals surface area (Å²) in [5.74, 6) is 0.509. The fourth-order valence-corrected chi connectivity index (χ4v) is 2.94. The molecule has 1 aromatic heterocycles. The number of anilines is 2. The average molecular weight is 378 g/mol. The Morgan fingerprint density at radius 3 is 2.48 bits per heavy atom. The lowest BCUT2D eigenvalue weighted by Crippen LogP contribution is -2.19. The predicted octanol–water partition coefficient (Wildman–Crippen LogP) is 6.10. The first-order valence-corrected chi connectivity index (χ1v) is 8.76. The minimum atomic E-state index is -0.359. The second-order valence-corrected chi connectivity index (χ2v) is 6.60. The molecule has 0 unspecified atom stereocenters. The molecule has 5 nitrogen and oxygen atoms in total. The van der Waals surface area contributed by atoms with E-state index in [1.165, 1.54) is 0 Å². The van der Waals surface area contributed by atoms with Crippen molar-refractivity contribution in [2.45, 2.75) is 6.92 Å². The summed E-state index contributed by atoms with van der Waals surface area (Å²) in [5.41, 5.74) is 4.67. The third kappa shape index (κ3) is 3.93. The summed E-state index contributed by atoms with van der Waals surface area (Å²) in [6.07, 6.45) is 0. The van der Waals surface area contributed by atoms with Gasteiger partial charge in [0.25, 0.3) is 0 Å². The highest BCUT2D eigenvalue weighted by Gasteiger charge is 2.10. The fraction of sp³-hybridized carbons (Fsp3) is 0.0476. The number of carbonyl (C=O) groups excluding carboxylic acids is 1. The Morgan fingerprint density at radius 1 is 0.963 bits per heavy atom. The topological polar surface area (TPSA) is 67.2 Å². The Labute approximate surface area is 161 Å². The molecule has 0 fully saturated rings. The lowest BCUT2D eigenvalue weighted by atomic mass is 10.2. The van der Waals surface area contributed by atoms with Gasteiger partial charge in [-0.1, -0.05) is 29.8 Å². The van der Waals surface area contributed by atoms with Crippen LogP contribution in [0.15, 0.2) is 71.1 Å². The molecule has 6 heteroatoms. The highest BCUT2D eigenvalue weighted by molar-refractivity contribution is 6.30. The third-order valence-electron chi connectivity index (χ3n) is 3.99. The Morgan fingerprint density at radius 2 is 1.70 bits per heavy atom. The molecule has 4 rings (SSSR count). The average Bonchev–Trinajstić information content (AvgIpc) is 3.05. The van der Waals surface area contributed by atoms with Crippen molar-refractivity contribution in [2.75, 3.05) is 10.6 Å². The number of carbonyl (C=O) groups is 1. The molecule has 0 saturated carbocycles. The monoisotopic (exact) mass is 377 g/mol. The van der Waals surface area contributed by atoms with Crippen molar-refractivity contribution in [3.05, 3.63) is 77.3 Å². The first-order valence-electron chi connectivity index (χ1n) is 8.38. The number of amides is 2. The molecule has 0 aliphatic carbocycles.